The lowest BCUT2D eigenvalue weighted by atomic mass is 9.99. The molecule has 0 atom stereocenters. The first-order valence-electron chi connectivity index (χ1n) is 7.09. The molecule has 0 aliphatic carbocycles. The summed E-state index contributed by atoms with van der Waals surface area (Å²) in [4.78, 5) is 9.22. The minimum absolute atomic E-state index is 0.482. The minimum Gasteiger partial charge on any atom is -0.232 e. The van der Waals surface area contributed by atoms with Crippen molar-refractivity contribution in [1.82, 2.24) is 9.97 Å². The van der Waals surface area contributed by atoms with Crippen molar-refractivity contribution in [2.24, 2.45) is 5.92 Å². The van der Waals surface area contributed by atoms with E-state index >= 15 is 0 Å². The quantitative estimate of drug-likeness (QED) is 0.652. The summed E-state index contributed by atoms with van der Waals surface area (Å²) >= 11 is 9.80. The van der Waals surface area contributed by atoms with Crippen molar-refractivity contribution >= 4 is 27.5 Å². The second kappa shape index (κ2) is 6.45. The zero-order chi connectivity index (χ0) is 15.7. The summed E-state index contributed by atoms with van der Waals surface area (Å²) in [5.41, 5.74) is 5.67. The van der Waals surface area contributed by atoms with Crippen LogP contribution in [0.4, 0.5) is 0 Å². The van der Waals surface area contributed by atoms with E-state index in [-0.39, 0.29) is 0 Å². The number of rotatable bonds is 3. The number of aryl methyl sites for hydroxylation is 3. The van der Waals surface area contributed by atoms with Crippen LogP contribution in [0.25, 0.3) is 11.4 Å². The van der Waals surface area contributed by atoms with Crippen molar-refractivity contribution < 1.29 is 0 Å². The molecule has 1 aromatic heterocycles. The van der Waals surface area contributed by atoms with Crippen LogP contribution in [0.15, 0.2) is 16.6 Å². The Morgan fingerprint density at radius 1 is 1.10 bits per heavy atom. The van der Waals surface area contributed by atoms with Crippen LogP contribution < -0.4 is 0 Å². The molecule has 1 heterocycles. The van der Waals surface area contributed by atoms with Crippen LogP contribution in [0, 0.1) is 26.7 Å². The number of halogens is 2. The lowest BCUT2D eigenvalue weighted by Crippen LogP contribution is -2.04. The predicted octanol–water partition coefficient (Wildman–Crippen LogP) is 5.68. The summed E-state index contributed by atoms with van der Waals surface area (Å²) in [5.74, 6) is 1.23. The second-order valence-electron chi connectivity index (χ2n) is 5.97. The predicted molar refractivity (Wildman–Crippen MR) is 92.9 cm³/mol. The lowest BCUT2D eigenvalue weighted by molar-refractivity contribution is 0.632. The first-order chi connectivity index (χ1) is 9.79. The Hall–Kier alpha value is -0.930. The van der Waals surface area contributed by atoms with Gasteiger partial charge in [0.15, 0.2) is 5.82 Å². The molecule has 0 bridgehead atoms. The van der Waals surface area contributed by atoms with E-state index in [1.165, 1.54) is 16.7 Å². The summed E-state index contributed by atoms with van der Waals surface area (Å²) in [7, 11) is 0. The standard InChI is InChI=1S/C17H20BrClN2/c1-9(2)6-13-15(18)16(19)21-17(20-13)14-11(4)7-10(3)8-12(14)5/h7-9H,6H2,1-5H3. The van der Waals surface area contributed by atoms with Crippen molar-refractivity contribution in [2.75, 3.05) is 0 Å². The van der Waals surface area contributed by atoms with E-state index < -0.39 is 0 Å². The maximum Gasteiger partial charge on any atom is 0.161 e. The van der Waals surface area contributed by atoms with Gasteiger partial charge in [-0.2, -0.15) is 0 Å². The molecule has 0 aliphatic heterocycles. The Morgan fingerprint density at radius 3 is 2.19 bits per heavy atom. The largest absolute Gasteiger partial charge is 0.232 e. The van der Waals surface area contributed by atoms with Crippen LogP contribution in [0.3, 0.4) is 0 Å². The monoisotopic (exact) mass is 366 g/mol. The third-order valence-electron chi connectivity index (χ3n) is 3.38. The fraction of sp³-hybridized carbons (Fsp3) is 0.412. The smallest absolute Gasteiger partial charge is 0.161 e. The third kappa shape index (κ3) is 3.64. The molecule has 1 aromatic carbocycles. The molecule has 0 saturated heterocycles. The molecule has 0 saturated carbocycles. The molecule has 0 aliphatic rings. The van der Waals surface area contributed by atoms with Gasteiger partial charge in [-0.3, -0.25) is 0 Å². The van der Waals surface area contributed by atoms with Gasteiger partial charge < -0.3 is 0 Å². The highest BCUT2D eigenvalue weighted by Crippen LogP contribution is 2.31. The maximum atomic E-state index is 6.29. The number of aromatic nitrogens is 2. The zero-order valence-electron chi connectivity index (χ0n) is 13.1. The molecule has 112 valence electrons. The molecule has 2 nitrogen and oxygen atoms in total. The summed E-state index contributed by atoms with van der Waals surface area (Å²) in [6.45, 7) is 10.6. The molecule has 2 rings (SSSR count). The SMILES string of the molecule is Cc1cc(C)c(-c2nc(Cl)c(Br)c(CC(C)C)n2)c(C)c1. The molecule has 0 radical (unpaired) electrons. The summed E-state index contributed by atoms with van der Waals surface area (Å²) in [5, 5.41) is 0.482. The topological polar surface area (TPSA) is 25.8 Å². The maximum absolute atomic E-state index is 6.29. The number of nitrogens with zero attached hydrogens (tertiary/aromatic N) is 2. The van der Waals surface area contributed by atoms with Crippen molar-refractivity contribution in [3.63, 3.8) is 0 Å². The van der Waals surface area contributed by atoms with Crippen molar-refractivity contribution in [3.8, 4) is 11.4 Å². The van der Waals surface area contributed by atoms with Crippen molar-refractivity contribution in [3.05, 3.63) is 44.1 Å². The van der Waals surface area contributed by atoms with Gasteiger partial charge in [0, 0.05) is 5.56 Å². The van der Waals surface area contributed by atoms with Gasteiger partial charge in [-0.25, -0.2) is 9.97 Å². The van der Waals surface area contributed by atoms with E-state index in [2.05, 4.69) is 67.7 Å². The number of benzene rings is 1. The van der Waals surface area contributed by atoms with E-state index in [4.69, 9.17) is 16.6 Å². The molecule has 0 N–H and O–H groups in total. The Bertz CT molecular complexity index is 658. The summed E-state index contributed by atoms with van der Waals surface area (Å²) in [6, 6.07) is 4.31. The third-order valence-corrected chi connectivity index (χ3v) is 4.72. The van der Waals surface area contributed by atoms with E-state index in [0.29, 0.717) is 16.9 Å². The first kappa shape index (κ1) is 16.4. The van der Waals surface area contributed by atoms with Crippen LogP contribution in [0.5, 0.6) is 0 Å². The second-order valence-corrected chi connectivity index (χ2v) is 7.12. The van der Waals surface area contributed by atoms with Gasteiger partial charge in [-0.05, 0) is 60.2 Å². The van der Waals surface area contributed by atoms with Crippen LogP contribution in [0.2, 0.25) is 5.15 Å². The Balaban J connectivity index is 2.62. The van der Waals surface area contributed by atoms with Gasteiger partial charge in [0.05, 0.1) is 10.2 Å². The molecule has 0 spiro atoms. The van der Waals surface area contributed by atoms with Gasteiger partial charge >= 0.3 is 0 Å². The fourth-order valence-electron chi connectivity index (χ4n) is 2.63. The first-order valence-corrected chi connectivity index (χ1v) is 8.26. The highest BCUT2D eigenvalue weighted by Gasteiger charge is 2.16. The molecule has 4 heteroatoms. The van der Waals surface area contributed by atoms with E-state index in [1.54, 1.807) is 0 Å². The summed E-state index contributed by atoms with van der Waals surface area (Å²) < 4.78 is 0.809. The highest BCUT2D eigenvalue weighted by atomic mass is 79.9. The number of hydrogen-bond acceptors (Lipinski definition) is 2. The molecule has 0 unspecified atom stereocenters. The molecule has 0 fully saturated rings. The van der Waals surface area contributed by atoms with Gasteiger partial charge in [0.25, 0.3) is 0 Å². The summed E-state index contributed by atoms with van der Waals surface area (Å²) in [6.07, 6.45) is 0.875. The Labute approximate surface area is 140 Å². The van der Waals surface area contributed by atoms with Crippen LogP contribution in [-0.2, 0) is 6.42 Å². The molecule has 21 heavy (non-hydrogen) atoms. The molecule has 2 aromatic rings. The van der Waals surface area contributed by atoms with Crippen molar-refractivity contribution in [1.29, 1.82) is 0 Å². The minimum atomic E-state index is 0.482. The molecular weight excluding hydrogens is 348 g/mol. The van der Waals surface area contributed by atoms with Gasteiger partial charge in [-0.1, -0.05) is 43.1 Å². The van der Waals surface area contributed by atoms with E-state index in [0.717, 1.165) is 22.2 Å². The highest BCUT2D eigenvalue weighted by molar-refractivity contribution is 9.10. The van der Waals surface area contributed by atoms with Crippen LogP contribution >= 0.6 is 27.5 Å². The Morgan fingerprint density at radius 2 is 1.67 bits per heavy atom. The van der Waals surface area contributed by atoms with E-state index in [1.807, 2.05) is 0 Å². The van der Waals surface area contributed by atoms with Crippen LogP contribution in [-0.4, -0.2) is 9.97 Å². The van der Waals surface area contributed by atoms with Crippen molar-refractivity contribution in [2.45, 2.75) is 41.0 Å². The normalized spacial score (nSPS) is 11.2. The number of hydrogen-bond donors (Lipinski definition) is 0. The van der Waals surface area contributed by atoms with Gasteiger partial charge in [0.2, 0.25) is 0 Å². The zero-order valence-corrected chi connectivity index (χ0v) is 15.4. The van der Waals surface area contributed by atoms with Gasteiger partial charge in [-0.15, -0.1) is 0 Å². The Kier molecular flexibility index (Phi) is 5.05. The molecule has 0 amide bonds. The molecular formula is C17H20BrClN2. The van der Waals surface area contributed by atoms with Gasteiger partial charge in [0.1, 0.15) is 5.15 Å². The van der Waals surface area contributed by atoms with E-state index in [9.17, 15) is 0 Å². The average Bonchev–Trinajstić information content (AvgIpc) is 2.33. The average molecular weight is 368 g/mol. The van der Waals surface area contributed by atoms with Crippen LogP contribution in [0.1, 0.15) is 36.2 Å². The lowest BCUT2D eigenvalue weighted by Gasteiger charge is -2.14. The fourth-order valence-corrected chi connectivity index (χ4v) is 3.16.